The van der Waals surface area contributed by atoms with Crippen molar-refractivity contribution in [3.8, 4) is 6.07 Å². The first-order valence-electron chi connectivity index (χ1n) is 8.77. The van der Waals surface area contributed by atoms with Crippen LogP contribution in [0.1, 0.15) is 53.3 Å². The molecule has 2 aromatic rings. The molecule has 2 heterocycles. The van der Waals surface area contributed by atoms with Gasteiger partial charge < -0.3 is 10.6 Å². The lowest BCUT2D eigenvalue weighted by molar-refractivity contribution is -0.116. The van der Waals surface area contributed by atoms with Crippen LogP contribution in [0, 0.1) is 11.3 Å². The van der Waals surface area contributed by atoms with E-state index in [1.807, 2.05) is 12.1 Å². The fourth-order valence-corrected chi connectivity index (χ4v) is 4.63. The second-order valence-electron chi connectivity index (χ2n) is 6.45. The van der Waals surface area contributed by atoms with Gasteiger partial charge in [-0.2, -0.15) is 5.26 Å². The summed E-state index contributed by atoms with van der Waals surface area (Å²) < 4.78 is 0. The number of fused-ring (bicyclic) bond motifs is 1. The van der Waals surface area contributed by atoms with Crippen LogP contribution in [0.2, 0.25) is 0 Å². The van der Waals surface area contributed by atoms with Crippen molar-refractivity contribution in [2.24, 2.45) is 0 Å². The topological polar surface area (TPSA) is 64.9 Å². The molecule has 1 aromatic carbocycles. The van der Waals surface area contributed by atoms with Gasteiger partial charge in [-0.1, -0.05) is 38.1 Å². The fraction of sp³-hybridized carbons (Fsp3) is 0.400. The number of benzene rings is 1. The van der Waals surface area contributed by atoms with Gasteiger partial charge in [0.1, 0.15) is 11.1 Å². The molecule has 1 amide bonds. The maximum atomic E-state index is 12.5. The van der Waals surface area contributed by atoms with Crippen molar-refractivity contribution in [3.05, 3.63) is 51.4 Å². The Kier molecular flexibility index (Phi) is 5.52. The van der Waals surface area contributed by atoms with Crippen molar-refractivity contribution in [1.82, 2.24) is 5.32 Å². The zero-order valence-electron chi connectivity index (χ0n) is 14.7. The third kappa shape index (κ3) is 3.76. The molecule has 1 aromatic heterocycles. The van der Waals surface area contributed by atoms with E-state index in [1.165, 1.54) is 27.3 Å². The number of carbonyl (C=O) groups excluding carboxylic acids is 1. The van der Waals surface area contributed by atoms with Crippen molar-refractivity contribution >= 4 is 22.2 Å². The maximum Gasteiger partial charge on any atom is 0.225 e. The van der Waals surface area contributed by atoms with Crippen LogP contribution in [0.25, 0.3) is 0 Å². The van der Waals surface area contributed by atoms with Crippen molar-refractivity contribution in [2.45, 2.75) is 45.6 Å². The van der Waals surface area contributed by atoms with E-state index in [2.05, 4.69) is 42.7 Å². The molecule has 0 fully saturated rings. The van der Waals surface area contributed by atoms with E-state index in [4.69, 9.17) is 0 Å². The number of nitrogens with zero attached hydrogens (tertiary/aromatic N) is 1. The van der Waals surface area contributed by atoms with Crippen LogP contribution in [-0.4, -0.2) is 12.5 Å². The van der Waals surface area contributed by atoms with Gasteiger partial charge >= 0.3 is 0 Å². The monoisotopic (exact) mass is 353 g/mol. The molecule has 0 saturated heterocycles. The van der Waals surface area contributed by atoms with Crippen molar-refractivity contribution < 1.29 is 4.79 Å². The van der Waals surface area contributed by atoms with Crippen LogP contribution in [0.3, 0.4) is 0 Å². The molecular formula is C20H23N3OS. The van der Waals surface area contributed by atoms with Gasteiger partial charge in [-0.05, 0) is 42.0 Å². The molecule has 3 rings (SSSR count). The van der Waals surface area contributed by atoms with Crippen LogP contribution in [0.5, 0.6) is 0 Å². The highest BCUT2D eigenvalue weighted by Crippen LogP contribution is 2.35. The lowest BCUT2D eigenvalue weighted by Crippen LogP contribution is -2.22. The van der Waals surface area contributed by atoms with Crippen LogP contribution in [0.4, 0.5) is 5.00 Å². The number of anilines is 1. The molecule has 25 heavy (non-hydrogen) atoms. The summed E-state index contributed by atoms with van der Waals surface area (Å²) in [4.78, 5) is 13.7. The number of thiophene rings is 1. The molecule has 1 atom stereocenters. The molecule has 0 bridgehead atoms. The zero-order chi connectivity index (χ0) is 17.8. The molecule has 0 unspecified atom stereocenters. The Balaban J connectivity index is 1.73. The lowest BCUT2D eigenvalue weighted by atomic mass is 9.92. The van der Waals surface area contributed by atoms with Crippen molar-refractivity contribution in [2.75, 3.05) is 11.9 Å². The number of rotatable bonds is 5. The average Bonchev–Trinajstić information content (AvgIpc) is 2.98. The zero-order valence-corrected chi connectivity index (χ0v) is 15.5. The van der Waals surface area contributed by atoms with Crippen LogP contribution in [0.15, 0.2) is 24.3 Å². The number of amides is 1. The minimum absolute atomic E-state index is 0.0264. The Morgan fingerprint density at radius 1 is 1.44 bits per heavy atom. The highest BCUT2D eigenvalue weighted by Gasteiger charge is 2.22. The number of hydrogen-bond acceptors (Lipinski definition) is 4. The summed E-state index contributed by atoms with van der Waals surface area (Å²) in [6, 6.07) is 10.6. The summed E-state index contributed by atoms with van der Waals surface area (Å²) in [5, 5.41) is 16.5. The van der Waals surface area contributed by atoms with Gasteiger partial charge in [0.05, 0.1) is 5.56 Å². The molecule has 0 radical (unpaired) electrons. The standard InChI is InChI=1S/C20H23N3OS/c1-3-14-6-4-5-7-15(14)13(2)10-19(24)23-20-17(11-21)16-8-9-22-12-18(16)25-20/h4-7,13,22H,3,8-10,12H2,1-2H3,(H,23,24)/t13-/m0/s1. The normalized spacial score (nSPS) is 14.4. The number of nitrogens with one attached hydrogen (secondary N) is 2. The largest absolute Gasteiger partial charge is 0.317 e. The van der Waals surface area contributed by atoms with E-state index in [1.54, 1.807) is 0 Å². The van der Waals surface area contributed by atoms with Crippen molar-refractivity contribution in [1.29, 1.82) is 5.26 Å². The Labute approximate surface area is 152 Å². The molecule has 0 aliphatic carbocycles. The van der Waals surface area contributed by atoms with Crippen LogP contribution in [-0.2, 0) is 24.2 Å². The Morgan fingerprint density at radius 2 is 2.24 bits per heavy atom. The van der Waals surface area contributed by atoms with Gasteiger partial charge in [-0.15, -0.1) is 11.3 Å². The molecule has 130 valence electrons. The smallest absolute Gasteiger partial charge is 0.225 e. The van der Waals surface area contributed by atoms with Gasteiger partial charge in [0, 0.05) is 17.8 Å². The molecule has 0 saturated carbocycles. The fourth-order valence-electron chi connectivity index (χ4n) is 3.44. The van der Waals surface area contributed by atoms with Crippen molar-refractivity contribution in [3.63, 3.8) is 0 Å². The molecule has 5 heteroatoms. The summed E-state index contributed by atoms with van der Waals surface area (Å²) in [6.07, 6.45) is 2.24. The summed E-state index contributed by atoms with van der Waals surface area (Å²) in [5.41, 5.74) is 4.27. The summed E-state index contributed by atoms with van der Waals surface area (Å²) >= 11 is 1.53. The summed E-state index contributed by atoms with van der Waals surface area (Å²) in [5.74, 6) is 0.124. The Bertz CT molecular complexity index is 819. The Hall–Kier alpha value is -2.16. The first-order valence-corrected chi connectivity index (χ1v) is 9.58. The van der Waals surface area contributed by atoms with E-state index in [-0.39, 0.29) is 11.8 Å². The molecule has 1 aliphatic heterocycles. The highest BCUT2D eigenvalue weighted by atomic mass is 32.1. The third-order valence-electron chi connectivity index (χ3n) is 4.75. The first-order chi connectivity index (χ1) is 12.1. The van der Waals surface area contributed by atoms with E-state index in [0.717, 1.165) is 31.5 Å². The third-order valence-corrected chi connectivity index (χ3v) is 5.90. The summed E-state index contributed by atoms with van der Waals surface area (Å²) in [6.45, 7) is 5.89. The average molecular weight is 353 g/mol. The predicted molar refractivity (Wildman–Crippen MR) is 102 cm³/mol. The molecular weight excluding hydrogens is 330 g/mol. The first kappa shape index (κ1) is 17.7. The van der Waals surface area contributed by atoms with E-state index in [0.29, 0.717) is 17.0 Å². The number of nitriles is 1. The molecule has 2 N–H and O–H groups in total. The van der Waals surface area contributed by atoms with Gasteiger partial charge in [0.25, 0.3) is 0 Å². The van der Waals surface area contributed by atoms with Gasteiger partial charge in [0.2, 0.25) is 5.91 Å². The van der Waals surface area contributed by atoms with Gasteiger partial charge in [0.15, 0.2) is 0 Å². The van der Waals surface area contributed by atoms with Gasteiger partial charge in [-0.25, -0.2) is 0 Å². The molecule has 0 spiro atoms. The minimum Gasteiger partial charge on any atom is -0.317 e. The van der Waals surface area contributed by atoms with Gasteiger partial charge in [-0.3, -0.25) is 4.79 Å². The number of carbonyl (C=O) groups is 1. The Morgan fingerprint density at radius 3 is 3.00 bits per heavy atom. The highest BCUT2D eigenvalue weighted by molar-refractivity contribution is 7.16. The number of hydrogen-bond donors (Lipinski definition) is 2. The van der Waals surface area contributed by atoms with E-state index in [9.17, 15) is 10.1 Å². The van der Waals surface area contributed by atoms with Crippen LogP contribution >= 0.6 is 11.3 Å². The lowest BCUT2D eigenvalue weighted by Gasteiger charge is -2.15. The predicted octanol–water partition coefficient (Wildman–Crippen LogP) is 3.96. The maximum absolute atomic E-state index is 12.5. The van der Waals surface area contributed by atoms with Crippen LogP contribution < -0.4 is 10.6 Å². The van der Waals surface area contributed by atoms with E-state index >= 15 is 0 Å². The second kappa shape index (κ2) is 7.81. The quantitative estimate of drug-likeness (QED) is 0.855. The molecule has 4 nitrogen and oxygen atoms in total. The minimum atomic E-state index is -0.0264. The SMILES string of the molecule is CCc1ccccc1[C@@H](C)CC(=O)Nc1sc2c(c1C#N)CCNC2. The number of aryl methyl sites for hydroxylation is 1. The van der Waals surface area contributed by atoms with E-state index < -0.39 is 0 Å². The molecule has 1 aliphatic rings. The second-order valence-corrected chi connectivity index (χ2v) is 7.56. The summed E-state index contributed by atoms with van der Waals surface area (Å²) in [7, 11) is 0.